The fourth-order valence-electron chi connectivity index (χ4n) is 1.90. The Bertz CT molecular complexity index is 391. The number of hydrogen-bond donors (Lipinski definition) is 1. The van der Waals surface area contributed by atoms with Crippen LogP contribution in [0.5, 0.6) is 5.75 Å². The highest BCUT2D eigenvalue weighted by Gasteiger charge is 2.21. The van der Waals surface area contributed by atoms with Crippen molar-refractivity contribution < 1.29 is 9.47 Å². The van der Waals surface area contributed by atoms with Crippen LogP contribution in [0.3, 0.4) is 0 Å². The summed E-state index contributed by atoms with van der Waals surface area (Å²) in [5.74, 6) is 1.54. The molecule has 0 radical (unpaired) electrons. The van der Waals surface area contributed by atoms with Gasteiger partial charge in [-0.25, -0.2) is 0 Å². The second-order valence-electron chi connectivity index (χ2n) is 4.83. The molecule has 0 saturated heterocycles. The summed E-state index contributed by atoms with van der Waals surface area (Å²) >= 11 is 0. The monoisotopic (exact) mass is 250 g/mol. The number of methoxy groups -OCH3 is 1. The molecule has 18 heavy (non-hydrogen) atoms. The van der Waals surface area contributed by atoms with Gasteiger partial charge in [-0.2, -0.15) is 0 Å². The minimum Gasteiger partial charge on any atom is -0.495 e. The van der Waals surface area contributed by atoms with Crippen LogP contribution in [0.1, 0.15) is 12.8 Å². The maximum absolute atomic E-state index is 6.05. The summed E-state index contributed by atoms with van der Waals surface area (Å²) in [6.45, 7) is 2.48. The molecule has 0 heterocycles. The van der Waals surface area contributed by atoms with Crippen molar-refractivity contribution in [3.8, 4) is 5.75 Å². The van der Waals surface area contributed by atoms with Gasteiger partial charge in [-0.1, -0.05) is 6.07 Å². The molecule has 100 valence electrons. The van der Waals surface area contributed by atoms with Crippen molar-refractivity contribution in [1.82, 2.24) is 0 Å². The zero-order chi connectivity index (χ0) is 13.0. The number of nitrogen functional groups attached to an aromatic ring is 1. The average molecular weight is 250 g/mol. The number of benzene rings is 1. The molecule has 0 bridgehead atoms. The lowest BCUT2D eigenvalue weighted by Crippen LogP contribution is -2.24. The minimum absolute atomic E-state index is 0.685. The number of anilines is 2. The van der Waals surface area contributed by atoms with Crippen LogP contribution in [0.2, 0.25) is 0 Å². The molecular weight excluding hydrogens is 228 g/mol. The van der Waals surface area contributed by atoms with Gasteiger partial charge in [-0.3, -0.25) is 0 Å². The number of ether oxygens (including phenoxy) is 2. The lowest BCUT2D eigenvalue weighted by molar-refractivity contribution is 0.131. The van der Waals surface area contributed by atoms with Crippen molar-refractivity contribution in [3.63, 3.8) is 0 Å². The SMILES string of the molecule is COc1cccc(N(C)CCOCC2CC2)c1N. The molecule has 1 aromatic rings. The summed E-state index contributed by atoms with van der Waals surface area (Å²) in [4.78, 5) is 2.10. The first-order valence-electron chi connectivity index (χ1n) is 6.43. The molecular formula is C14H22N2O2. The second-order valence-corrected chi connectivity index (χ2v) is 4.83. The number of likely N-dealkylation sites (N-methyl/N-ethyl adjacent to an activating group) is 1. The van der Waals surface area contributed by atoms with Crippen LogP contribution in [0.15, 0.2) is 18.2 Å². The van der Waals surface area contributed by atoms with Crippen molar-refractivity contribution in [1.29, 1.82) is 0 Å². The Morgan fingerprint density at radius 1 is 1.39 bits per heavy atom. The largest absolute Gasteiger partial charge is 0.495 e. The molecule has 0 aliphatic heterocycles. The van der Waals surface area contributed by atoms with Crippen LogP contribution in [0, 0.1) is 5.92 Å². The Balaban J connectivity index is 1.84. The molecule has 0 atom stereocenters. The molecule has 1 aliphatic rings. The Morgan fingerprint density at radius 2 is 2.17 bits per heavy atom. The van der Waals surface area contributed by atoms with E-state index in [1.807, 2.05) is 25.2 Å². The van der Waals surface area contributed by atoms with Crippen LogP contribution in [0.4, 0.5) is 11.4 Å². The van der Waals surface area contributed by atoms with Crippen LogP contribution >= 0.6 is 0 Å². The van der Waals surface area contributed by atoms with Gasteiger partial charge >= 0.3 is 0 Å². The molecule has 1 saturated carbocycles. The summed E-state index contributed by atoms with van der Waals surface area (Å²) < 4.78 is 10.9. The van der Waals surface area contributed by atoms with Gasteiger partial charge in [0.2, 0.25) is 0 Å². The molecule has 0 amide bonds. The topological polar surface area (TPSA) is 47.7 Å². The Labute approximate surface area is 109 Å². The maximum Gasteiger partial charge on any atom is 0.143 e. The van der Waals surface area contributed by atoms with Gasteiger partial charge in [0.05, 0.1) is 25.1 Å². The molecule has 0 spiro atoms. The fraction of sp³-hybridized carbons (Fsp3) is 0.571. The third kappa shape index (κ3) is 3.29. The van der Waals surface area contributed by atoms with Gasteiger partial charge in [0.15, 0.2) is 0 Å². The third-order valence-corrected chi connectivity index (χ3v) is 3.30. The number of hydrogen-bond acceptors (Lipinski definition) is 4. The van der Waals surface area contributed by atoms with Crippen molar-refractivity contribution in [2.24, 2.45) is 5.92 Å². The van der Waals surface area contributed by atoms with E-state index in [1.165, 1.54) is 12.8 Å². The number of rotatable bonds is 7. The van der Waals surface area contributed by atoms with E-state index in [0.29, 0.717) is 5.69 Å². The van der Waals surface area contributed by atoms with E-state index < -0.39 is 0 Å². The van der Waals surface area contributed by atoms with Gasteiger partial charge in [0.1, 0.15) is 5.75 Å². The molecule has 2 N–H and O–H groups in total. The van der Waals surface area contributed by atoms with Gasteiger partial charge < -0.3 is 20.1 Å². The Morgan fingerprint density at radius 3 is 2.83 bits per heavy atom. The standard InChI is InChI=1S/C14H22N2O2/c1-16(8-9-18-10-11-6-7-11)12-4-3-5-13(17-2)14(12)15/h3-5,11H,6-10,15H2,1-2H3. The highest BCUT2D eigenvalue weighted by molar-refractivity contribution is 5.73. The molecule has 4 heteroatoms. The molecule has 2 rings (SSSR count). The number of nitrogens with zero attached hydrogens (tertiary/aromatic N) is 1. The molecule has 1 aliphatic carbocycles. The van der Waals surface area contributed by atoms with Gasteiger partial charge in [0, 0.05) is 20.2 Å². The van der Waals surface area contributed by atoms with Crippen LogP contribution < -0.4 is 15.4 Å². The highest BCUT2D eigenvalue weighted by Crippen LogP contribution is 2.31. The average Bonchev–Trinajstić information content (AvgIpc) is 3.18. The summed E-state index contributed by atoms with van der Waals surface area (Å²) in [7, 11) is 3.65. The summed E-state index contributed by atoms with van der Waals surface area (Å²) in [6, 6.07) is 5.82. The summed E-state index contributed by atoms with van der Waals surface area (Å²) in [5, 5.41) is 0. The van der Waals surface area contributed by atoms with E-state index in [1.54, 1.807) is 7.11 Å². The fourth-order valence-corrected chi connectivity index (χ4v) is 1.90. The van der Waals surface area contributed by atoms with Crippen molar-refractivity contribution in [3.05, 3.63) is 18.2 Å². The Kier molecular flexibility index (Phi) is 4.31. The van der Waals surface area contributed by atoms with E-state index in [-0.39, 0.29) is 0 Å². The lowest BCUT2D eigenvalue weighted by atomic mass is 10.2. The zero-order valence-corrected chi connectivity index (χ0v) is 11.2. The van der Waals surface area contributed by atoms with E-state index in [4.69, 9.17) is 15.2 Å². The third-order valence-electron chi connectivity index (χ3n) is 3.30. The quantitative estimate of drug-likeness (QED) is 0.595. The molecule has 1 aromatic carbocycles. The van der Waals surface area contributed by atoms with Gasteiger partial charge in [-0.15, -0.1) is 0 Å². The van der Waals surface area contributed by atoms with E-state index in [0.717, 1.165) is 37.1 Å². The summed E-state index contributed by atoms with van der Waals surface area (Å²) in [5.41, 5.74) is 7.72. The second kappa shape index (κ2) is 5.96. The van der Waals surface area contributed by atoms with Crippen molar-refractivity contribution in [2.45, 2.75) is 12.8 Å². The number of para-hydroxylation sites is 1. The molecule has 4 nitrogen and oxygen atoms in total. The van der Waals surface area contributed by atoms with Crippen LogP contribution in [-0.4, -0.2) is 33.9 Å². The highest BCUT2D eigenvalue weighted by atomic mass is 16.5. The Hall–Kier alpha value is -1.42. The molecule has 0 unspecified atom stereocenters. The minimum atomic E-state index is 0.685. The molecule has 1 fully saturated rings. The van der Waals surface area contributed by atoms with Crippen molar-refractivity contribution >= 4 is 11.4 Å². The molecule has 0 aromatic heterocycles. The first-order chi connectivity index (χ1) is 8.72. The predicted octanol–water partition coefficient (Wildman–Crippen LogP) is 2.14. The predicted molar refractivity (Wildman–Crippen MR) is 74.2 cm³/mol. The maximum atomic E-state index is 6.05. The number of nitrogens with two attached hydrogens (primary N) is 1. The smallest absolute Gasteiger partial charge is 0.143 e. The van der Waals surface area contributed by atoms with Crippen LogP contribution in [0.25, 0.3) is 0 Å². The first-order valence-corrected chi connectivity index (χ1v) is 6.43. The zero-order valence-electron chi connectivity index (χ0n) is 11.2. The normalized spacial score (nSPS) is 14.6. The first kappa shape index (κ1) is 13.0. The van der Waals surface area contributed by atoms with E-state index in [9.17, 15) is 0 Å². The van der Waals surface area contributed by atoms with Crippen LogP contribution in [-0.2, 0) is 4.74 Å². The summed E-state index contributed by atoms with van der Waals surface area (Å²) in [6.07, 6.45) is 2.66. The lowest BCUT2D eigenvalue weighted by Gasteiger charge is -2.22. The van der Waals surface area contributed by atoms with E-state index >= 15 is 0 Å². The van der Waals surface area contributed by atoms with Gasteiger partial charge in [0.25, 0.3) is 0 Å². The van der Waals surface area contributed by atoms with Gasteiger partial charge in [-0.05, 0) is 30.9 Å². The van der Waals surface area contributed by atoms with Crippen molar-refractivity contribution in [2.75, 3.05) is 44.5 Å². The van der Waals surface area contributed by atoms with E-state index in [2.05, 4.69) is 4.90 Å².